The highest BCUT2D eigenvalue weighted by Crippen LogP contribution is 2.44. The van der Waals surface area contributed by atoms with E-state index in [1.807, 2.05) is 30.3 Å². The molecule has 4 nitrogen and oxygen atoms in total. The van der Waals surface area contributed by atoms with Crippen molar-refractivity contribution in [3.63, 3.8) is 0 Å². The number of carbonyl (C=O) groups excluding carboxylic acids is 2. The third-order valence-electron chi connectivity index (χ3n) is 4.09. The Morgan fingerprint density at radius 3 is 2.60 bits per heavy atom. The minimum atomic E-state index is -0.492. The summed E-state index contributed by atoms with van der Waals surface area (Å²) in [6.45, 7) is 1.72. The Bertz CT molecular complexity index is 818. The van der Waals surface area contributed by atoms with Crippen molar-refractivity contribution in [1.29, 1.82) is 0 Å². The summed E-state index contributed by atoms with van der Waals surface area (Å²) in [7, 11) is 0. The van der Waals surface area contributed by atoms with E-state index in [0.717, 1.165) is 11.1 Å². The molecule has 0 fully saturated rings. The minimum Gasteiger partial charge on any atom is -0.480 e. The lowest BCUT2D eigenvalue weighted by Crippen LogP contribution is -2.15. The van der Waals surface area contributed by atoms with E-state index in [0.29, 0.717) is 12.0 Å². The molecule has 0 radical (unpaired) electrons. The summed E-state index contributed by atoms with van der Waals surface area (Å²) in [5, 5.41) is 0.299. The largest absolute Gasteiger partial charge is 0.480 e. The van der Waals surface area contributed by atoms with E-state index < -0.39 is 5.97 Å². The second kappa shape index (κ2) is 7.46. The van der Waals surface area contributed by atoms with Gasteiger partial charge in [-0.15, -0.1) is 0 Å². The fraction of sp³-hybridized carbons (Fsp3) is 0.263. The summed E-state index contributed by atoms with van der Waals surface area (Å²) in [6, 6.07) is 11.2. The summed E-state index contributed by atoms with van der Waals surface area (Å²) in [5.74, 6) is -0.552. The quantitative estimate of drug-likeness (QED) is 0.720. The molecular formula is C19H16Cl2O4. The average Bonchev–Trinajstić information content (AvgIpc) is 2.94. The number of ether oxygens (including phenoxy) is 2. The molecule has 0 aromatic heterocycles. The molecule has 0 bridgehead atoms. The van der Waals surface area contributed by atoms with Gasteiger partial charge in [0.05, 0.1) is 17.5 Å². The molecule has 1 aliphatic rings. The maximum Gasteiger partial charge on any atom is 0.344 e. The van der Waals surface area contributed by atoms with Crippen LogP contribution in [0.5, 0.6) is 5.75 Å². The average molecular weight is 379 g/mol. The van der Waals surface area contributed by atoms with Crippen LogP contribution in [0.4, 0.5) is 0 Å². The lowest BCUT2D eigenvalue weighted by molar-refractivity contribution is -0.145. The van der Waals surface area contributed by atoms with E-state index in [1.54, 1.807) is 13.0 Å². The van der Waals surface area contributed by atoms with Crippen LogP contribution >= 0.6 is 23.2 Å². The molecule has 0 spiro atoms. The number of hydrogen-bond donors (Lipinski definition) is 0. The summed E-state index contributed by atoms with van der Waals surface area (Å²) in [5.41, 5.74) is 2.14. The predicted octanol–water partition coefficient (Wildman–Crippen LogP) is 4.46. The summed E-state index contributed by atoms with van der Waals surface area (Å²) in [4.78, 5) is 24.2. The first-order chi connectivity index (χ1) is 12.0. The number of ketones is 1. The van der Waals surface area contributed by atoms with Crippen molar-refractivity contribution >= 4 is 35.0 Å². The van der Waals surface area contributed by atoms with Crippen molar-refractivity contribution in [2.45, 2.75) is 19.3 Å². The SMILES string of the molecule is CCOC(=O)COc1cc2c(c(Cl)c1Cl)C(=O)C(c1ccccc1)C2. The van der Waals surface area contributed by atoms with Crippen LogP contribution in [0.3, 0.4) is 0 Å². The molecule has 0 amide bonds. The van der Waals surface area contributed by atoms with Gasteiger partial charge < -0.3 is 9.47 Å². The highest BCUT2D eigenvalue weighted by atomic mass is 35.5. The fourth-order valence-corrected chi connectivity index (χ4v) is 3.48. The molecule has 0 aliphatic heterocycles. The Kier molecular flexibility index (Phi) is 5.30. The lowest BCUT2D eigenvalue weighted by Gasteiger charge is -2.11. The van der Waals surface area contributed by atoms with Crippen LogP contribution in [0.1, 0.15) is 34.3 Å². The van der Waals surface area contributed by atoms with Crippen molar-refractivity contribution in [3.8, 4) is 5.75 Å². The maximum atomic E-state index is 12.8. The molecule has 0 saturated carbocycles. The van der Waals surface area contributed by atoms with Gasteiger partial charge in [0.15, 0.2) is 12.4 Å². The predicted molar refractivity (Wildman–Crippen MR) is 95.8 cm³/mol. The highest BCUT2D eigenvalue weighted by Gasteiger charge is 2.35. The van der Waals surface area contributed by atoms with E-state index in [1.165, 1.54) is 0 Å². The van der Waals surface area contributed by atoms with Gasteiger partial charge in [0.2, 0.25) is 0 Å². The van der Waals surface area contributed by atoms with Gasteiger partial charge >= 0.3 is 5.97 Å². The van der Waals surface area contributed by atoms with E-state index in [2.05, 4.69) is 0 Å². The number of carbonyl (C=O) groups is 2. The van der Waals surface area contributed by atoms with Crippen molar-refractivity contribution < 1.29 is 19.1 Å². The van der Waals surface area contributed by atoms with E-state index in [4.69, 9.17) is 32.7 Å². The Hall–Kier alpha value is -2.04. The zero-order valence-corrected chi connectivity index (χ0v) is 15.1. The van der Waals surface area contributed by atoms with Crippen LogP contribution in [0.25, 0.3) is 0 Å². The molecule has 25 heavy (non-hydrogen) atoms. The molecule has 130 valence electrons. The van der Waals surface area contributed by atoms with E-state index in [-0.39, 0.29) is 40.7 Å². The van der Waals surface area contributed by atoms with Gasteiger partial charge in [0.25, 0.3) is 0 Å². The molecule has 6 heteroatoms. The van der Waals surface area contributed by atoms with Gasteiger partial charge in [-0.3, -0.25) is 4.79 Å². The first-order valence-corrected chi connectivity index (χ1v) is 8.67. The maximum absolute atomic E-state index is 12.8. The van der Waals surface area contributed by atoms with Crippen LogP contribution in [0.2, 0.25) is 10.0 Å². The zero-order valence-electron chi connectivity index (χ0n) is 13.6. The Morgan fingerprint density at radius 2 is 1.92 bits per heavy atom. The minimum absolute atomic E-state index is 0.0509. The van der Waals surface area contributed by atoms with Crippen molar-refractivity contribution in [1.82, 2.24) is 0 Å². The number of hydrogen-bond acceptors (Lipinski definition) is 4. The van der Waals surface area contributed by atoms with Crippen molar-refractivity contribution in [2.75, 3.05) is 13.2 Å². The molecule has 1 aliphatic carbocycles. The molecule has 3 rings (SSSR count). The van der Waals surface area contributed by atoms with Gasteiger partial charge in [0, 0.05) is 5.56 Å². The van der Waals surface area contributed by atoms with Crippen molar-refractivity contribution in [3.05, 3.63) is 63.1 Å². The molecule has 0 heterocycles. The molecule has 2 aromatic rings. The summed E-state index contributed by atoms with van der Waals surface area (Å²) in [6.07, 6.45) is 0.519. The number of fused-ring (bicyclic) bond motifs is 1. The van der Waals surface area contributed by atoms with Gasteiger partial charge in [-0.25, -0.2) is 4.79 Å². The second-order valence-electron chi connectivity index (χ2n) is 5.66. The Morgan fingerprint density at radius 1 is 1.20 bits per heavy atom. The van der Waals surface area contributed by atoms with Gasteiger partial charge in [-0.1, -0.05) is 53.5 Å². The molecule has 1 unspecified atom stereocenters. The highest BCUT2D eigenvalue weighted by molar-refractivity contribution is 6.45. The third-order valence-corrected chi connectivity index (χ3v) is 4.94. The first kappa shape index (κ1) is 17.8. The summed E-state index contributed by atoms with van der Waals surface area (Å²) >= 11 is 12.6. The van der Waals surface area contributed by atoms with Gasteiger partial charge in [-0.2, -0.15) is 0 Å². The monoisotopic (exact) mass is 378 g/mol. The van der Waals surface area contributed by atoms with E-state index in [9.17, 15) is 9.59 Å². The van der Waals surface area contributed by atoms with Crippen LogP contribution in [-0.2, 0) is 16.0 Å². The van der Waals surface area contributed by atoms with Gasteiger partial charge in [0.1, 0.15) is 10.8 Å². The molecule has 0 saturated heterocycles. The van der Waals surface area contributed by atoms with E-state index >= 15 is 0 Å². The first-order valence-electron chi connectivity index (χ1n) is 7.91. The third kappa shape index (κ3) is 3.51. The van der Waals surface area contributed by atoms with Crippen LogP contribution in [0.15, 0.2) is 36.4 Å². The lowest BCUT2D eigenvalue weighted by atomic mass is 9.95. The second-order valence-corrected chi connectivity index (χ2v) is 6.42. The van der Waals surface area contributed by atoms with Crippen molar-refractivity contribution in [2.24, 2.45) is 0 Å². The van der Waals surface area contributed by atoms with Crippen LogP contribution in [-0.4, -0.2) is 25.0 Å². The zero-order chi connectivity index (χ0) is 18.0. The number of benzene rings is 2. The number of halogens is 2. The van der Waals surface area contributed by atoms with Gasteiger partial charge in [-0.05, 0) is 30.5 Å². The van der Waals surface area contributed by atoms with Crippen LogP contribution < -0.4 is 4.74 Å². The normalized spacial score (nSPS) is 15.8. The summed E-state index contributed by atoms with van der Waals surface area (Å²) < 4.78 is 10.3. The molecule has 0 N–H and O–H groups in total. The number of Topliss-reactive ketones (excluding diaryl/α,β-unsaturated/α-hetero) is 1. The Balaban J connectivity index is 1.88. The topological polar surface area (TPSA) is 52.6 Å². The fourth-order valence-electron chi connectivity index (χ4n) is 2.97. The Labute approximate surface area is 155 Å². The smallest absolute Gasteiger partial charge is 0.344 e. The van der Waals surface area contributed by atoms with Crippen LogP contribution in [0, 0.1) is 0 Å². The number of esters is 1. The number of rotatable bonds is 5. The molecule has 2 aromatic carbocycles. The molecule has 1 atom stereocenters. The molecular weight excluding hydrogens is 363 g/mol. The standard InChI is InChI=1S/C19H16Cl2O4/c1-2-24-15(22)10-25-14-9-12-8-13(11-6-4-3-5-7-11)19(23)16(12)18(21)17(14)20/h3-7,9,13H,2,8,10H2,1H3.